The number of guanidine groups is 1. The van der Waals surface area contributed by atoms with Gasteiger partial charge in [-0.1, -0.05) is 12.5 Å². The molecule has 6 heteroatoms. The van der Waals surface area contributed by atoms with Crippen LogP contribution in [-0.4, -0.2) is 24.8 Å². The Morgan fingerprint density at radius 3 is 2.50 bits per heavy atom. The first-order valence-corrected chi connectivity index (χ1v) is 3.35. The Balaban J connectivity index is 0. The zero-order chi connectivity index (χ0) is 8.69. The molecule has 0 aromatic rings. The molecule has 0 fully saturated rings. The van der Waals surface area contributed by atoms with Gasteiger partial charge in [-0.25, -0.2) is 6.29 Å². The van der Waals surface area contributed by atoms with E-state index in [4.69, 9.17) is 17.2 Å². The van der Waals surface area contributed by atoms with Gasteiger partial charge in [-0.15, -0.1) is 0 Å². The van der Waals surface area contributed by atoms with Gasteiger partial charge < -0.3 is 22.0 Å². The quantitative estimate of drug-likeness (QED) is 0.248. The van der Waals surface area contributed by atoms with Crippen molar-refractivity contribution in [2.24, 2.45) is 22.2 Å². The Hall–Kier alpha value is 0.0948. The van der Waals surface area contributed by atoms with Crippen LogP contribution in [0.4, 0.5) is 0 Å². The van der Waals surface area contributed by atoms with Crippen molar-refractivity contribution in [1.82, 2.24) is 0 Å². The second-order valence-corrected chi connectivity index (χ2v) is 2.17. The van der Waals surface area contributed by atoms with Crippen molar-refractivity contribution in [3.63, 3.8) is 0 Å². The summed E-state index contributed by atoms with van der Waals surface area (Å²) in [6.07, 6.45) is 2.94. The average Bonchev–Trinajstić information content (AvgIpc) is 1.97. The summed E-state index contributed by atoms with van der Waals surface area (Å²) < 4.78 is 0. The van der Waals surface area contributed by atoms with E-state index < -0.39 is 6.04 Å². The summed E-state index contributed by atoms with van der Waals surface area (Å²) in [4.78, 5) is 13.6. The van der Waals surface area contributed by atoms with E-state index in [0.29, 0.717) is 19.4 Å². The van der Waals surface area contributed by atoms with Crippen LogP contribution in [-0.2, 0) is 4.79 Å². The molecular weight excluding hydrogens is 283 g/mol. The van der Waals surface area contributed by atoms with E-state index >= 15 is 0 Å². The number of carbonyl (C=O) groups excluding carboxylic acids is 1. The van der Waals surface area contributed by atoms with Crippen molar-refractivity contribution in [3.05, 3.63) is 0 Å². The maximum atomic E-state index is 9.90. The molecule has 0 aliphatic heterocycles. The summed E-state index contributed by atoms with van der Waals surface area (Å²) in [7, 11) is 0. The van der Waals surface area contributed by atoms with Gasteiger partial charge in [0.05, 0.1) is 0 Å². The van der Waals surface area contributed by atoms with Gasteiger partial charge in [0.1, 0.15) is 0 Å². The van der Waals surface area contributed by atoms with Crippen LogP contribution >= 0.6 is 0 Å². The topological polar surface area (TPSA) is 107 Å². The van der Waals surface area contributed by atoms with Gasteiger partial charge in [-0.05, 0) is 6.42 Å². The van der Waals surface area contributed by atoms with E-state index in [0.717, 1.165) is 0 Å². The van der Waals surface area contributed by atoms with Crippen molar-refractivity contribution >= 4 is 12.2 Å². The molecule has 0 rings (SSSR count). The Morgan fingerprint density at radius 2 is 2.08 bits per heavy atom. The van der Waals surface area contributed by atoms with Crippen molar-refractivity contribution in [2.75, 3.05) is 6.54 Å². The predicted octanol–water partition coefficient (Wildman–Crippen LogP) is -1.52. The van der Waals surface area contributed by atoms with Gasteiger partial charge in [0.25, 0.3) is 0 Å². The SMILES string of the molecule is NC(N)=NCCC[C@H](N)[C-]=O.[La]. The Bertz CT molecular complexity index is 146. The molecule has 0 amide bonds. The molecule has 0 aliphatic carbocycles. The second kappa shape index (κ2) is 9.18. The molecule has 0 saturated carbocycles. The second-order valence-electron chi connectivity index (χ2n) is 2.17. The standard InChI is InChI=1S/C6H13N4O.La/c7-5(4-11)2-1-3-10-6(8)9;/h5H,1-3,7H2,(H4,8,9,10);/q-1;/t5-;/m0./s1. The molecule has 0 heterocycles. The summed E-state index contributed by atoms with van der Waals surface area (Å²) in [5.74, 6) is 0.0636. The van der Waals surface area contributed by atoms with Gasteiger partial charge in [-0.3, -0.25) is 4.99 Å². The molecule has 6 N–H and O–H groups in total. The van der Waals surface area contributed by atoms with Crippen LogP contribution in [0.15, 0.2) is 4.99 Å². The fourth-order valence-electron chi connectivity index (χ4n) is 0.578. The molecule has 1 radical (unpaired) electrons. The number of hydrogen-bond acceptors (Lipinski definition) is 3. The molecule has 0 aromatic carbocycles. The number of rotatable bonds is 5. The van der Waals surface area contributed by atoms with Crippen molar-refractivity contribution in [2.45, 2.75) is 18.9 Å². The molecule has 67 valence electrons. The molecule has 0 saturated heterocycles. The van der Waals surface area contributed by atoms with E-state index in [9.17, 15) is 4.79 Å². The summed E-state index contributed by atoms with van der Waals surface area (Å²) in [6, 6.07) is -0.510. The Kier molecular flexibility index (Phi) is 11.2. The zero-order valence-electron chi connectivity index (χ0n) is 6.86. The monoisotopic (exact) mass is 296 g/mol. The van der Waals surface area contributed by atoms with E-state index in [-0.39, 0.29) is 41.6 Å². The van der Waals surface area contributed by atoms with Crippen molar-refractivity contribution in [1.29, 1.82) is 0 Å². The first kappa shape index (κ1) is 14.6. The minimum atomic E-state index is -0.510. The van der Waals surface area contributed by atoms with Gasteiger partial charge in [-0.2, -0.15) is 0 Å². The molecule has 0 aliphatic rings. The third-order valence-corrected chi connectivity index (χ3v) is 1.12. The zero-order valence-corrected chi connectivity index (χ0v) is 10.5. The summed E-state index contributed by atoms with van der Waals surface area (Å²) in [5.41, 5.74) is 15.4. The summed E-state index contributed by atoms with van der Waals surface area (Å²) in [6.45, 7) is 0.512. The predicted molar refractivity (Wildman–Crippen MR) is 43.6 cm³/mol. The van der Waals surface area contributed by atoms with Gasteiger partial charge in [0.2, 0.25) is 0 Å². The number of nitrogens with zero attached hydrogens (tertiary/aromatic N) is 1. The third kappa shape index (κ3) is 10.1. The minimum absolute atomic E-state index is 0. The van der Waals surface area contributed by atoms with Crippen LogP contribution < -0.4 is 17.2 Å². The van der Waals surface area contributed by atoms with E-state index in [1.54, 1.807) is 6.29 Å². The largest absolute Gasteiger partial charge is 0.540 e. The minimum Gasteiger partial charge on any atom is -0.540 e. The van der Waals surface area contributed by atoms with Crippen molar-refractivity contribution < 1.29 is 40.4 Å². The van der Waals surface area contributed by atoms with Crippen LogP contribution in [0.1, 0.15) is 12.8 Å². The maximum absolute atomic E-state index is 9.90. The summed E-state index contributed by atoms with van der Waals surface area (Å²) >= 11 is 0. The Labute approximate surface area is 99.7 Å². The van der Waals surface area contributed by atoms with Crippen molar-refractivity contribution in [3.8, 4) is 0 Å². The fraction of sp³-hybridized carbons (Fsp3) is 0.667. The van der Waals surface area contributed by atoms with Crippen LogP contribution in [0.2, 0.25) is 0 Å². The smallest absolute Gasteiger partial charge is 0.185 e. The molecule has 12 heavy (non-hydrogen) atoms. The average molecular weight is 296 g/mol. The molecule has 1 atom stereocenters. The molecule has 0 unspecified atom stereocenters. The molecule has 0 spiro atoms. The third-order valence-electron chi connectivity index (χ3n) is 1.12. The van der Waals surface area contributed by atoms with Crippen LogP contribution in [0, 0.1) is 35.6 Å². The first-order chi connectivity index (χ1) is 5.16. The van der Waals surface area contributed by atoms with Crippen LogP contribution in [0.3, 0.4) is 0 Å². The van der Waals surface area contributed by atoms with Crippen LogP contribution in [0.25, 0.3) is 0 Å². The first-order valence-electron chi connectivity index (χ1n) is 3.35. The normalized spacial score (nSPS) is 11.1. The molecule has 0 aromatic heterocycles. The van der Waals surface area contributed by atoms with E-state index in [1.165, 1.54) is 0 Å². The molecular formula is C6H13LaN4O-. The van der Waals surface area contributed by atoms with E-state index in [1.807, 2.05) is 0 Å². The fourth-order valence-corrected chi connectivity index (χ4v) is 0.578. The number of hydrogen-bond donors (Lipinski definition) is 3. The maximum Gasteiger partial charge on any atom is 0.185 e. The molecule has 5 nitrogen and oxygen atoms in total. The van der Waals surface area contributed by atoms with Crippen LogP contribution in [0.5, 0.6) is 0 Å². The number of aliphatic imine (C=N–C) groups is 1. The summed E-state index contributed by atoms with van der Waals surface area (Å²) in [5, 5.41) is 0. The van der Waals surface area contributed by atoms with E-state index in [2.05, 4.69) is 4.99 Å². The number of nitrogens with two attached hydrogens (primary N) is 3. The Morgan fingerprint density at radius 1 is 1.50 bits per heavy atom. The van der Waals surface area contributed by atoms with Gasteiger partial charge in [0, 0.05) is 42.1 Å². The molecule has 0 bridgehead atoms. The van der Waals surface area contributed by atoms with Gasteiger partial charge >= 0.3 is 0 Å². The van der Waals surface area contributed by atoms with Gasteiger partial charge in [0.15, 0.2) is 5.96 Å².